The van der Waals surface area contributed by atoms with Crippen molar-refractivity contribution in [2.75, 3.05) is 14.2 Å². The van der Waals surface area contributed by atoms with E-state index in [-0.39, 0.29) is 6.54 Å². The van der Waals surface area contributed by atoms with Crippen molar-refractivity contribution in [3.63, 3.8) is 0 Å². The molecular formula is C24H21Cl2NO5. The highest BCUT2D eigenvalue weighted by Crippen LogP contribution is 2.47. The lowest BCUT2D eigenvalue weighted by Gasteiger charge is -2.35. The zero-order valence-electron chi connectivity index (χ0n) is 17.4. The van der Waals surface area contributed by atoms with Crippen molar-refractivity contribution in [1.29, 1.82) is 0 Å². The van der Waals surface area contributed by atoms with Crippen LogP contribution < -0.4 is 9.47 Å². The van der Waals surface area contributed by atoms with Crippen molar-refractivity contribution in [1.82, 2.24) is 4.90 Å². The second-order valence-corrected chi connectivity index (χ2v) is 8.14. The van der Waals surface area contributed by atoms with Crippen LogP contribution in [0.1, 0.15) is 22.8 Å². The predicted octanol–water partition coefficient (Wildman–Crippen LogP) is 5.55. The minimum atomic E-state index is -1.79. The first-order valence-electron chi connectivity index (χ1n) is 9.80. The normalized spacial score (nSPS) is 20.2. The fourth-order valence-electron chi connectivity index (χ4n) is 3.76. The number of ether oxygens (including phenoxy) is 3. The maximum Gasteiger partial charge on any atom is 0.413 e. The first-order chi connectivity index (χ1) is 15.4. The van der Waals surface area contributed by atoms with Crippen LogP contribution in [0.5, 0.6) is 11.5 Å². The zero-order chi connectivity index (χ0) is 22.9. The van der Waals surface area contributed by atoms with E-state index in [4.69, 9.17) is 37.4 Å². The Kier molecular flexibility index (Phi) is 6.20. The molecule has 0 bridgehead atoms. The number of halogens is 2. The van der Waals surface area contributed by atoms with Crippen molar-refractivity contribution in [3.8, 4) is 11.5 Å². The number of carbonyl (C=O) groups is 1. The second-order valence-electron chi connectivity index (χ2n) is 7.33. The van der Waals surface area contributed by atoms with E-state index in [9.17, 15) is 9.90 Å². The molecule has 1 heterocycles. The molecule has 1 N–H and O–H groups in total. The van der Waals surface area contributed by atoms with Crippen molar-refractivity contribution in [2.24, 2.45) is 0 Å². The molecule has 6 nitrogen and oxygen atoms in total. The quantitative estimate of drug-likeness (QED) is 0.508. The molecule has 1 amide bonds. The first kappa shape index (κ1) is 22.3. The largest absolute Gasteiger partial charge is 0.497 e. The number of carbonyl (C=O) groups excluding carboxylic acids is 1. The molecule has 166 valence electrons. The molecule has 1 saturated heterocycles. The SMILES string of the molecule is COc1ccc([C@H]2OC(=O)N(Cc3ccc(Cl)c(Cl)c3)[C@]2(O)c2ccc(OC)cc2)cc1. The molecule has 0 aromatic heterocycles. The monoisotopic (exact) mass is 473 g/mol. The number of nitrogens with zero attached hydrogens (tertiary/aromatic N) is 1. The van der Waals surface area contributed by atoms with Crippen molar-refractivity contribution in [3.05, 3.63) is 93.5 Å². The third-order valence-corrected chi connectivity index (χ3v) is 6.21. The summed E-state index contributed by atoms with van der Waals surface area (Å²) in [6.45, 7) is 0.0604. The van der Waals surface area contributed by atoms with Crippen LogP contribution in [0.2, 0.25) is 10.0 Å². The highest BCUT2D eigenvalue weighted by molar-refractivity contribution is 6.42. The molecular weight excluding hydrogens is 453 g/mol. The Balaban J connectivity index is 1.79. The molecule has 0 aliphatic carbocycles. The van der Waals surface area contributed by atoms with E-state index in [1.165, 1.54) is 4.90 Å². The van der Waals surface area contributed by atoms with Crippen LogP contribution in [-0.4, -0.2) is 30.3 Å². The maximum atomic E-state index is 13.0. The molecule has 1 aliphatic heterocycles. The van der Waals surface area contributed by atoms with E-state index in [1.54, 1.807) is 80.9 Å². The Bertz CT molecular complexity index is 1120. The van der Waals surface area contributed by atoms with Gasteiger partial charge in [0.05, 0.1) is 30.8 Å². The average Bonchev–Trinajstić information content (AvgIpc) is 3.07. The van der Waals surface area contributed by atoms with Crippen LogP contribution in [0.15, 0.2) is 66.7 Å². The lowest BCUT2D eigenvalue weighted by molar-refractivity contribution is -0.113. The number of amides is 1. The van der Waals surface area contributed by atoms with E-state index < -0.39 is 17.9 Å². The van der Waals surface area contributed by atoms with Gasteiger partial charge in [-0.25, -0.2) is 4.79 Å². The third kappa shape index (κ3) is 3.97. The molecule has 8 heteroatoms. The van der Waals surface area contributed by atoms with Gasteiger partial charge < -0.3 is 19.3 Å². The standard InChI is InChI=1S/C24H21Cl2NO5/c1-30-18-8-4-16(5-9-18)22-24(29,17-6-10-19(31-2)11-7-17)27(23(28)32-22)14-15-3-12-20(25)21(26)13-15/h3-13,22,29H,14H2,1-2H3/t22-,24+/m1/s1. The summed E-state index contributed by atoms with van der Waals surface area (Å²) in [5.41, 5.74) is 0.00199. The fraction of sp³-hybridized carbons (Fsp3) is 0.208. The van der Waals surface area contributed by atoms with Crippen LogP contribution in [0.3, 0.4) is 0 Å². The Morgan fingerprint density at radius 3 is 2.09 bits per heavy atom. The highest BCUT2D eigenvalue weighted by Gasteiger charge is 2.56. The van der Waals surface area contributed by atoms with Crippen LogP contribution in [0.4, 0.5) is 4.79 Å². The van der Waals surface area contributed by atoms with E-state index in [0.29, 0.717) is 38.2 Å². The molecule has 4 rings (SSSR count). The van der Waals surface area contributed by atoms with Gasteiger partial charge in [-0.2, -0.15) is 0 Å². The smallest absolute Gasteiger partial charge is 0.413 e. The van der Waals surface area contributed by atoms with Gasteiger partial charge in [0.25, 0.3) is 0 Å². The molecule has 0 spiro atoms. The summed E-state index contributed by atoms with van der Waals surface area (Å²) in [5.74, 6) is 1.28. The minimum absolute atomic E-state index is 0.0604. The van der Waals surface area contributed by atoms with E-state index >= 15 is 0 Å². The molecule has 0 saturated carbocycles. The lowest BCUT2D eigenvalue weighted by atomic mass is 9.91. The molecule has 0 radical (unpaired) electrons. The Hall–Kier alpha value is -2.93. The summed E-state index contributed by atoms with van der Waals surface area (Å²) in [6, 6.07) is 18.9. The van der Waals surface area contributed by atoms with Gasteiger partial charge >= 0.3 is 6.09 Å². The van der Waals surface area contributed by atoms with Crippen LogP contribution in [0, 0.1) is 0 Å². The van der Waals surface area contributed by atoms with Gasteiger partial charge in [0, 0.05) is 5.56 Å². The van der Waals surface area contributed by atoms with Crippen molar-refractivity contribution < 1.29 is 24.1 Å². The molecule has 1 aliphatic rings. The van der Waals surface area contributed by atoms with E-state index in [2.05, 4.69) is 0 Å². The zero-order valence-corrected chi connectivity index (χ0v) is 18.9. The molecule has 3 aromatic carbocycles. The lowest BCUT2D eigenvalue weighted by Crippen LogP contribution is -2.45. The van der Waals surface area contributed by atoms with Gasteiger partial charge in [-0.15, -0.1) is 0 Å². The topological polar surface area (TPSA) is 68.2 Å². The number of hydrogen-bond acceptors (Lipinski definition) is 5. The number of aliphatic hydroxyl groups is 1. The van der Waals surface area contributed by atoms with Gasteiger partial charge in [0.1, 0.15) is 11.5 Å². The van der Waals surface area contributed by atoms with Gasteiger partial charge in [0.15, 0.2) is 6.10 Å². The fourth-order valence-corrected chi connectivity index (χ4v) is 4.08. The molecule has 0 unspecified atom stereocenters. The minimum Gasteiger partial charge on any atom is -0.497 e. The Morgan fingerprint density at radius 2 is 1.53 bits per heavy atom. The summed E-state index contributed by atoms with van der Waals surface area (Å²) in [7, 11) is 3.12. The van der Waals surface area contributed by atoms with Gasteiger partial charge in [-0.3, -0.25) is 4.90 Å². The van der Waals surface area contributed by atoms with Gasteiger partial charge in [0.2, 0.25) is 5.72 Å². The van der Waals surface area contributed by atoms with E-state index in [0.717, 1.165) is 0 Å². The summed E-state index contributed by atoms with van der Waals surface area (Å²) < 4.78 is 16.1. The van der Waals surface area contributed by atoms with Crippen LogP contribution in [-0.2, 0) is 17.0 Å². The number of methoxy groups -OCH3 is 2. The highest BCUT2D eigenvalue weighted by atomic mass is 35.5. The second kappa shape index (κ2) is 8.90. The molecule has 3 aromatic rings. The summed E-state index contributed by atoms with van der Waals surface area (Å²) in [6.07, 6.45) is -1.63. The number of benzene rings is 3. The molecule has 1 fully saturated rings. The molecule has 2 atom stereocenters. The van der Waals surface area contributed by atoms with Crippen LogP contribution >= 0.6 is 23.2 Å². The summed E-state index contributed by atoms with van der Waals surface area (Å²) in [5, 5.41) is 12.8. The van der Waals surface area contributed by atoms with Gasteiger partial charge in [-0.05, 0) is 47.5 Å². The molecule has 32 heavy (non-hydrogen) atoms. The van der Waals surface area contributed by atoms with E-state index in [1.807, 2.05) is 0 Å². The van der Waals surface area contributed by atoms with Crippen molar-refractivity contribution in [2.45, 2.75) is 18.4 Å². The van der Waals surface area contributed by atoms with Crippen molar-refractivity contribution >= 4 is 29.3 Å². The number of cyclic esters (lactones) is 1. The number of rotatable bonds is 6. The predicted molar refractivity (Wildman–Crippen MR) is 121 cm³/mol. The Morgan fingerprint density at radius 1 is 0.938 bits per heavy atom. The maximum absolute atomic E-state index is 13.0. The summed E-state index contributed by atoms with van der Waals surface area (Å²) in [4.78, 5) is 14.3. The summed E-state index contributed by atoms with van der Waals surface area (Å²) >= 11 is 12.2. The Labute approximate surface area is 195 Å². The first-order valence-corrected chi connectivity index (χ1v) is 10.6. The average molecular weight is 474 g/mol. The third-order valence-electron chi connectivity index (χ3n) is 5.47. The number of hydrogen-bond donors (Lipinski definition) is 1. The van der Waals surface area contributed by atoms with Gasteiger partial charge in [-0.1, -0.05) is 53.5 Å². The van der Waals surface area contributed by atoms with Crippen LogP contribution in [0.25, 0.3) is 0 Å².